The highest BCUT2D eigenvalue weighted by Gasteiger charge is 2.14. The van der Waals surface area contributed by atoms with Crippen molar-refractivity contribution in [1.82, 2.24) is 5.32 Å². The molecule has 0 aliphatic carbocycles. The van der Waals surface area contributed by atoms with Crippen molar-refractivity contribution in [1.29, 1.82) is 0 Å². The summed E-state index contributed by atoms with van der Waals surface area (Å²) in [6.45, 7) is 5.93. The minimum Gasteiger partial charge on any atom is -0.478 e. The zero-order valence-electron chi connectivity index (χ0n) is 10.1. The van der Waals surface area contributed by atoms with E-state index in [9.17, 15) is 4.79 Å². The van der Waals surface area contributed by atoms with E-state index in [4.69, 9.17) is 5.11 Å². The van der Waals surface area contributed by atoms with Gasteiger partial charge >= 0.3 is 5.97 Å². The summed E-state index contributed by atoms with van der Waals surface area (Å²) < 4.78 is 0. The lowest BCUT2D eigenvalue weighted by Gasteiger charge is -2.30. The number of piperazine rings is 1. The average molecular weight is 234 g/mol. The number of carboxylic acid groups (broad SMARTS) is 1. The van der Waals surface area contributed by atoms with Crippen LogP contribution in [0, 0.1) is 0 Å². The van der Waals surface area contributed by atoms with Crippen LogP contribution >= 0.6 is 0 Å². The first-order chi connectivity index (χ1) is 8.22. The Balaban J connectivity index is 2.27. The summed E-state index contributed by atoms with van der Waals surface area (Å²) >= 11 is 0. The van der Waals surface area contributed by atoms with Crippen LogP contribution in [0.5, 0.6) is 0 Å². The summed E-state index contributed by atoms with van der Waals surface area (Å²) in [5, 5.41) is 12.4. The highest BCUT2D eigenvalue weighted by Crippen LogP contribution is 2.20. The van der Waals surface area contributed by atoms with Crippen molar-refractivity contribution in [3.05, 3.63) is 29.3 Å². The summed E-state index contributed by atoms with van der Waals surface area (Å²) in [4.78, 5) is 13.3. The van der Waals surface area contributed by atoms with Gasteiger partial charge in [-0.1, -0.05) is 6.92 Å². The number of carbonyl (C=O) groups is 1. The molecular weight excluding hydrogens is 216 g/mol. The van der Waals surface area contributed by atoms with Gasteiger partial charge in [-0.15, -0.1) is 0 Å². The molecular formula is C13H18N2O2. The van der Waals surface area contributed by atoms with Crippen molar-refractivity contribution >= 4 is 11.7 Å². The molecule has 0 aromatic heterocycles. The zero-order valence-corrected chi connectivity index (χ0v) is 10.1. The Morgan fingerprint density at radius 1 is 1.41 bits per heavy atom. The van der Waals surface area contributed by atoms with E-state index < -0.39 is 5.97 Å². The van der Waals surface area contributed by atoms with E-state index in [2.05, 4.69) is 10.2 Å². The second-order valence-corrected chi connectivity index (χ2v) is 4.24. The molecule has 1 saturated heterocycles. The van der Waals surface area contributed by atoms with Gasteiger partial charge in [0, 0.05) is 31.9 Å². The van der Waals surface area contributed by atoms with Crippen LogP contribution in [-0.2, 0) is 6.42 Å². The molecule has 2 N–H and O–H groups in total. The van der Waals surface area contributed by atoms with Crippen LogP contribution in [-0.4, -0.2) is 37.3 Å². The van der Waals surface area contributed by atoms with Gasteiger partial charge in [-0.05, 0) is 30.2 Å². The molecule has 17 heavy (non-hydrogen) atoms. The summed E-state index contributed by atoms with van der Waals surface area (Å²) in [6, 6.07) is 5.64. The Bertz CT molecular complexity index is 412. The highest BCUT2D eigenvalue weighted by molar-refractivity contribution is 5.90. The molecule has 1 fully saturated rings. The predicted octanol–water partition coefficient (Wildman–Crippen LogP) is 1.36. The van der Waals surface area contributed by atoms with Gasteiger partial charge in [-0.3, -0.25) is 0 Å². The molecule has 1 heterocycles. The quantitative estimate of drug-likeness (QED) is 0.829. The number of aromatic carboxylic acids is 1. The SMILES string of the molecule is CCc1cc(N2CCNCC2)ccc1C(=O)O. The second-order valence-electron chi connectivity index (χ2n) is 4.24. The first-order valence-corrected chi connectivity index (χ1v) is 6.04. The molecule has 1 aliphatic rings. The third kappa shape index (κ3) is 2.58. The molecule has 4 heteroatoms. The average Bonchev–Trinajstić information content (AvgIpc) is 2.39. The Labute approximate surface area is 101 Å². The Hall–Kier alpha value is -1.55. The number of nitrogens with one attached hydrogen (secondary N) is 1. The molecule has 4 nitrogen and oxygen atoms in total. The van der Waals surface area contributed by atoms with Crippen molar-refractivity contribution in [2.45, 2.75) is 13.3 Å². The Morgan fingerprint density at radius 3 is 2.71 bits per heavy atom. The van der Waals surface area contributed by atoms with E-state index in [0.29, 0.717) is 5.56 Å². The molecule has 0 radical (unpaired) electrons. The van der Waals surface area contributed by atoms with Gasteiger partial charge in [0.1, 0.15) is 0 Å². The van der Waals surface area contributed by atoms with Gasteiger partial charge in [0.05, 0.1) is 5.56 Å². The van der Waals surface area contributed by atoms with E-state index in [1.807, 2.05) is 19.1 Å². The van der Waals surface area contributed by atoms with Gasteiger partial charge in [-0.25, -0.2) is 4.79 Å². The largest absolute Gasteiger partial charge is 0.478 e. The van der Waals surface area contributed by atoms with Crippen LogP contribution in [0.15, 0.2) is 18.2 Å². The number of hydrogen-bond acceptors (Lipinski definition) is 3. The number of anilines is 1. The lowest BCUT2D eigenvalue weighted by atomic mass is 10.0. The molecule has 0 bridgehead atoms. The maximum Gasteiger partial charge on any atom is 0.335 e. The number of benzene rings is 1. The second kappa shape index (κ2) is 5.19. The number of aryl methyl sites for hydroxylation is 1. The minimum absolute atomic E-state index is 0.423. The smallest absolute Gasteiger partial charge is 0.335 e. The van der Waals surface area contributed by atoms with Crippen LogP contribution in [0.2, 0.25) is 0 Å². The van der Waals surface area contributed by atoms with Crippen molar-refractivity contribution in [2.75, 3.05) is 31.1 Å². The molecule has 0 saturated carbocycles. The van der Waals surface area contributed by atoms with E-state index in [1.165, 1.54) is 0 Å². The Kier molecular flexibility index (Phi) is 3.64. The first kappa shape index (κ1) is 11.9. The van der Waals surface area contributed by atoms with E-state index in [0.717, 1.165) is 43.9 Å². The number of rotatable bonds is 3. The summed E-state index contributed by atoms with van der Waals surface area (Å²) in [6.07, 6.45) is 0.752. The van der Waals surface area contributed by atoms with E-state index in [1.54, 1.807) is 6.07 Å². The summed E-state index contributed by atoms with van der Waals surface area (Å²) in [5.41, 5.74) is 2.47. The van der Waals surface area contributed by atoms with Crippen LogP contribution < -0.4 is 10.2 Å². The van der Waals surface area contributed by atoms with E-state index in [-0.39, 0.29) is 0 Å². The summed E-state index contributed by atoms with van der Waals surface area (Å²) in [5.74, 6) is -0.839. The van der Waals surface area contributed by atoms with Gasteiger partial charge in [-0.2, -0.15) is 0 Å². The molecule has 0 amide bonds. The molecule has 92 valence electrons. The third-order valence-electron chi connectivity index (χ3n) is 3.18. The fourth-order valence-electron chi connectivity index (χ4n) is 2.20. The predicted molar refractivity (Wildman–Crippen MR) is 67.9 cm³/mol. The van der Waals surface area contributed by atoms with Crippen molar-refractivity contribution in [2.24, 2.45) is 0 Å². The molecule has 1 aliphatic heterocycles. The fraction of sp³-hybridized carbons (Fsp3) is 0.462. The lowest BCUT2D eigenvalue weighted by Crippen LogP contribution is -2.43. The molecule has 0 spiro atoms. The maximum absolute atomic E-state index is 11.0. The number of hydrogen-bond donors (Lipinski definition) is 2. The van der Waals surface area contributed by atoms with Crippen LogP contribution in [0.4, 0.5) is 5.69 Å². The molecule has 1 aromatic rings. The van der Waals surface area contributed by atoms with Gasteiger partial charge in [0.2, 0.25) is 0 Å². The zero-order chi connectivity index (χ0) is 12.3. The van der Waals surface area contributed by atoms with Gasteiger partial charge in [0.25, 0.3) is 0 Å². The highest BCUT2D eigenvalue weighted by atomic mass is 16.4. The maximum atomic E-state index is 11.0. The number of nitrogens with zero attached hydrogens (tertiary/aromatic N) is 1. The van der Waals surface area contributed by atoms with Crippen LogP contribution in [0.25, 0.3) is 0 Å². The fourth-order valence-corrected chi connectivity index (χ4v) is 2.20. The van der Waals surface area contributed by atoms with Crippen molar-refractivity contribution in [3.63, 3.8) is 0 Å². The Morgan fingerprint density at radius 2 is 2.12 bits per heavy atom. The molecule has 1 aromatic carbocycles. The normalized spacial score (nSPS) is 15.9. The third-order valence-corrected chi connectivity index (χ3v) is 3.18. The minimum atomic E-state index is -0.839. The van der Waals surface area contributed by atoms with Gasteiger partial charge < -0.3 is 15.3 Å². The van der Waals surface area contributed by atoms with Crippen LogP contribution in [0.3, 0.4) is 0 Å². The first-order valence-electron chi connectivity index (χ1n) is 6.04. The summed E-state index contributed by atoms with van der Waals surface area (Å²) in [7, 11) is 0. The topological polar surface area (TPSA) is 52.6 Å². The molecule has 2 rings (SSSR count). The standard InChI is InChI=1S/C13H18N2O2/c1-2-10-9-11(3-4-12(10)13(16)17)15-7-5-14-6-8-15/h3-4,9,14H,2,5-8H2,1H3,(H,16,17). The monoisotopic (exact) mass is 234 g/mol. The lowest BCUT2D eigenvalue weighted by molar-refractivity contribution is 0.0696. The molecule has 0 unspecified atom stereocenters. The van der Waals surface area contributed by atoms with Crippen LogP contribution in [0.1, 0.15) is 22.8 Å². The van der Waals surface area contributed by atoms with Crippen molar-refractivity contribution in [3.8, 4) is 0 Å². The van der Waals surface area contributed by atoms with Crippen molar-refractivity contribution < 1.29 is 9.90 Å². The molecule has 0 atom stereocenters. The number of carboxylic acids is 1. The van der Waals surface area contributed by atoms with E-state index >= 15 is 0 Å². The van der Waals surface area contributed by atoms with Gasteiger partial charge in [0.15, 0.2) is 0 Å².